The number of benzene rings is 1. The molecule has 0 bridgehead atoms. The first-order valence-corrected chi connectivity index (χ1v) is 4.44. The van der Waals surface area contributed by atoms with Crippen LogP contribution in [0.5, 0.6) is 0 Å². The van der Waals surface area contributed by atoms with Crippen molar-refractivity contribution in [2.24, 2.45) is 0 Å². The van der Waals surface area contributed by atoms with Gasteiger partial charge in [-0.3, -0.25) is 0 Å². The fourth-order valence-corrected chi connectivity index (χ4v) is 1.38. The average molecular weight is 190 g/mol. The second-order valence-electron chi connectivity index (χ2n) is 3.17. The first-order valence-electron chi connectivity index (χ1n) is 4.44. The molecule has 2 rings (SSSR count). The number of hydrogen-bond donors (Lipinski definition) is 0. The van der Waals surface area contributed by atoms with Crippen LogP contribution in [0.15, 0.2) is 46.9 Å². The van der Waals surface area contributed by atoms with Crippen molar-refractivity contribution in [2.75, 3.05) is 0 Å². The number of furan rings is 1. The summed E-state index contributed by atoms with van der Waals surface area (Å²) in [6, 6.07) is 14.4. The molecule has 0 spiro atoms. The maximum atomic E-state index is 5.49. The first kappa shape index (κ1) is 10.5. The average Bonchev–Trinajstić information content (AvgIpc) is 2.53. The summed E-state index contributed by atoms with van der Waals surface area (Å²) < 4.78 is 5.49. The zero-order valence-electron chi connectivity index (χ0n) is 8.16. The quantitative estimate of drug-likeness (QED) is 0.716. The van der Waals surface area contributed by atoms with E-state index in [9.17, 15) is 0 Å². The Labute approximate surface area is 83.5 Å². The van der Waals surface area contributed by atoms with Gasteiger partial charge in [0.15, 0.2) is 0 Å². The van der Waals surface area contributed by atoms with Gasteiger partial charge in [0.05, 0.1) is 0 Å². The molecule has 1 heterocycles. The van der Waals surface area contributed by atoms with Crippen LogP contribution in [-0.4, -0.2) is 5.48 Å². The Morgan fingerprint density at radius 2 is 1.71 bits per heavy atom. The summed E-state index contributed by atoms with van der Waals surface area (Å²) in [5, 5.41) is 0. The Morgan fingerprint density at radius 3 is 2.29 bits per heavy atom. The van der Waals surface area contributed by atoms with Crippen molar-refractivity contribution < 1.29 is 9.89 Å². The summed E-state index contributed by atoms with van der Waals surface area (Å²) in [5.74, 6) is 2.01. The third-order valence-electron chi connectivity index (χ3n) is 2.02. The molecular formula is C12H14O2. The molecule has 0 fully saturated rings. The van der Waals surface area contributed by atoms with Crippen LogP contribution in [0.3, 0.4) is 0 Å². The van der Waals surface area contributed by atoms with Gasteiger partial charge in [-0.05, 0) is 24.6 Å². The molecule has 2 heteroatoms. The van der Waals surface area contributed by atoms with Gasteiger partial charge in [-0.2, -0.15) is 0 Å². The molecule has 0 saturated heterocycles. The molecule has 1 aromatic carbocycles. The molecule has 0 saturated carbocycles. The van der Waals surface area contributed by atoms with Gasteiger partial charge in [-0.25, -0.2) is 0 Å². The third kappa shape index (κ3) is 2.47. The molecule has 0 amide bonds. The Kier molecular flexibility index (Phi) is 3.48. The number of rotatable bonds is 2. The number of hydrogen-bond acceptors (Lipinski definition) is 1. The molecule has 2 nitrogen and oxygen atoms in total. The van der Waals surface area contributed by atoms with Crippen LogP contribution in [-0.2, 0) is 6.42 Å². The van der Waals surface area contributed by atoms with Gasteiger partial charge in [0.25, 0.3) is 0 Å². The van der Waals surface area contributed by atoms with E-state index in [0.29, 0.717) is 0 Å². The molecule has 14 heavy (non-hydrogen) atoms. The van der Waals surface area contributed by atoms with Crippen LogP contribution in [0.2, 0.25) is 0 Å². The van der Waals surface area contributed by atoms with Crippen LogP contribution in [0.25, 0.3) is 0 Å². The van der Waals surface area contributed by atoms with Gasteiger partial charge in [-0.15, -0.1) is 0 Å². The Bertz CT molecular complexity index is 376. The maximum absolute atomic E-state index is 5.49. The Hall–Kier alpha value is -1.54. The molecule has 2 N–H and O–H groups in total. The summed E-state index contributed by atoms with van der Waals surface area (Å²) in [6.45, 7) is 1.97. The van der Waals surface area contributed by atoms with Crippen molar-refractivity contribution >= 4 is 0 Å². The maximum Gasteiger partial charge on any atom is 0.108 e. The second kappa shape index (κ2) is 4.63. The third-order valence-corrected chi connectivity index (χ3v) is 2.02. The molecule has 0 aliphatic carbocycles. The highest BCUT2D eigenvalue weighted by atomic mass is 16.3. The molecule has 0 aliphatic heterocycles. The highest BCUT2D eigenvalue weighted by Crippen LogP contribution is 2.11. The lowest BCUT2D eigenvalue weighted by atomic mass is 10.1. The van der Waals surface area contributed by atoms with Crippen LogP contribution < -0.4 is 0 Å². The topological polar surface area (TPSA) is 44.6 Å². The zero-order valence-corrected chi connectivity index (χ0v) is 8.16. The molecule has 0 unspecified atom stereocenters. The van der Waals surface area contributed by atoms with Crippen molar-refractivity contribution in [2.45, 2.75) is 13.3 Å². The summed E-state index contributed by atoms with van der Waals surface area (Å²) in [4.78, 5) is 0. The van der Waals surface area contributed by atoms with E-state index in [0.717, 1.165) is 17.9 Å². The van der Waals surface area contributed by atoms with Gasteiger partial charge in [-0.1, -0.05) is 30.3 Å². The fraction of sp³-hybridized carbons (Fsp3) is 0.167. The predicted molar refractivity (Wildman–Crippen MR) is 56.3 cm³/mol. The van der Waals surface area contributed by atoms with Gasteiger partial charge < -0.3 is 9.89 Å². The van der Waals surface area contributed by atoms with E-state index in [-0.39, 0.29) is 5.48 Å². The second-order valence-corrected chi connectivity index (χ2v) is 3.17. The minimum absolute atomic E-state index is 0. The van der Waals surface area contributed by atoms with Gasteiger partial charge in [0.2, 0.25) is 0 Å². The number of aryl methyl sites for hydroxylation is 1. The van der Waals surface area contributed by atoms with E-state index in [1.165, 1.54) is 5.56 Å². The van der Waals surface area contributed by atoms with Crippen LogP contribution >= 0.6 is 0 Å². The summed E-state index contributed by atoms with van der Waals surface area (Å²) in [7, 11) is 0. The summed E-state index contributed by atoms with van der Waals surface area (Å²) in [6.07, 6.45) is 0.884. The first-order chi connectivity index (χ1) is 6.34. The van der Waals surface area contributed by atoms with Crippen molar-refractivity contribution in [3.8, 4) is 0 Å². The van der Waals surface area contributed by atoms with Crippen molar-refractivity contribution in [1.29, 1.82) is 0 Å². The van der Waals surface area contributed by atoms with Crippen molar-refractivity contribution in [3.05, 3.63) is 59.5 Å². The molecule has 1 aromatic heterocycles. The normalized spacial score (nSPS) is 9.50. The zero-order chi connectivity index (χ0) is 9.10. The lowest BCUT2D eigenvalue weighted by molar-refractivity contribution is 0.493. The largest absolute Gasteiger partial charge is 0.466 e. The van der Waals surface area contributed by atoms with E-state index < -0.39 is 0 Å². The van der Waals surface area contributed by atoms with Gasteiger partial charge >= 0.3 is 0 Å². The van der Waals surface area contributed by atoms with E-state index in [1.54, 1.807) is 0 Å². The van der Waals surface area contributed by atoms with Gasteiger partial charge in [0, 0.05) is 6.42 Å². The standard InChI is InChI=1S/C12H12O.H2O/c1-10-7-8-12(13-10)9-11-5-3-2-4-6-11;/h2-8H,9H2,1H3;1H2. The highest BCUT2D eigenvalue weighted by Gasteiger charge is 1.98. The fourth-order valence-electron chi connectivity index (χ4n) is 1.38. The minimum atomic E-state index is 0. The van der Waals surface area contributed by atoms with E-state index in [2.05, 4.69) is 12.1 Å². The smallest absolute Gasteiger partial charge is 0.108 e. The van der Waals surface area contributed by atoms with Crippen LogP contribution in [0.1, 0.15) is 17.1 Å². The SMILES string of the molecule is Cc1ccc(Cc2ccccc2)o1.O. The van der Waals surface area contributed by atoms with Crippen LogP contribution in [0, 0.1) is 6.92 Å². The molecule has 74 valence electrons. The summed E-state index contributed by atoms with van der Waals surface area (Å²) in [5.41, 5.74) is 1.29. The Balaban J connectivity index is 0.000000980. The summed E-state index contributed by atoms with van der Waals surface area (Å²) >= 11 is 0. The lowest BCUT2D eigenvalue weighted by Gasteiger charge is -1.96. The van der Waals surface area contributed by atoms with Crippen molar-refractivity contribution in [3.63, 3.8) is 0 Å². The molecule has 2 aromatic rings. The predicted octanol–water partition coefficient (Wildman–Crippen LogP) is 2.35. The monoisotopic (exact) mass is 190 g/mol. The highest BCUT2D eigenvalue weighted by molar-refractivity contribution is 5.21. The molecule has 0 radical (unpaired) electrons. The van der Waals surface area contributed by atoms with Crippen LogP contribution in [0.4, 0.5) is 0 Å². The molecule has 0 atom stereocenters. The molecular weight excluding hydrogens is 176 g/mol. The minimum Gasteiger partial charge on any atom is -0.466 e. The lowest BCUT2D eigenvalue weighted by Crippen LogP contribution is -1.83. The molecule has 0 aliphatic rings. The Morgan fingerprint density at radius 1 is 1.00 bits per heavy atom. The van der Waals surface area contributed by atoms with E-state index >= 15 is 0 Å². The van der Waals surface area contributed by atoms with Gasteiger partial charge in [0.1, 0.15) is 11.5 Å². The van der Waals surface area contributed by atoms with E-state index in [1.807, 2.05) is 37.3 Å². The van der Waals surface area contributed by atoms with E-state index in [4.69, 9.17) is 4.42 Å². The van der Waals surface area contributed by atoms with Crippen molar-refractivity contribution in [1.82, 2.24) is 0 Å².